The van der Waals surface area contributed by atoms with Gasteiger partial charge in [-0.15, -0.1) is 0 Å². The van der Waals surface area contributed by atoms with Crippen LogP contribution in [0.15, 0.2) is 42.5 Å². The number of nitrogens with zero attached hydrogens (tertiary/aromatic N) is 1. The highest BCUT2D eigenvalue weighted by molar-refractivity contribution is 5.96. The van der Waals surface area contributed by atoms with Crippen molar-refractivity contribution in [3.05, 3.63) is 53.8 Å². The number of nitrogens with one attached hydrogen (secondary N) is 1. The maximum atomic E-state index is 13.3. The van der Waals surface area contributed by atoms with Crippen LogP contribution in [-0.4, -0.2) is 54.2 Å². The molecule has 1 saturated heterocycles. The molecule has 29 heavy (non-hydrogen) atoms. The Bertz CT molecular complexity index is 904. The van der Waals surface area contributed by atoms with Crippen molar-refractivity contribution >= 4 is 17.5 Å². The van der Waals surface area contributed by atoms with Gasteiger partial charge in [0.1, 0.15) is 18.0 Å². The van der Waals surface area contributed by atoms with E-state index in [4.69, 9.17) is 9.47 Å². The standard InChI is InChI=1S/C21H23FN2O5/c1-13(25)23-16-5-3-4-14(10-16)21(27)24-9-8-18(17(26)12-24)29-19-7-6-15(22)11-20(19)28-2/h3-7,10-11,17-18,26H,8-9,12H2,1-2H3,(H,23,25)/t17-,18-/m1/s1. The Balaban J connectivity index is 1.65. The molecule has 1 aliphatic heterocycles. The molecule has 0 aliphatic carbocycles. The van der Waals surface area contributed by atoms with Crippen LogP contribution < -0.4 is 14.8 Å². The van der Waals surface area contributed by atoms with E-state index in [2.05, 4.69) is 5.32 Å². The summed E-state index contributed by atoms with van der Waals surface area (Å²) in [6, 6.07) is 10.6. The molecule has 1 heterocycles. The third-order valence-corrected chi connectivity index (χ3v) is 4.64. The van der Waals surface area contributed by atoms with Gasteiger partial charge in [-0.1, -0.05) is 6.07 Å². The largest absolute Gasteiger partial charge is 0.493 e. The van der Waals surface area contributed by atoms with Gasteiger partial charge in [-0.3, -0.25) is 9.59 Å². The Hall–Kier alpha value is -3.13. The Kier molecular flexibility index (Phi) is 6.33. The highest BCUT2D eigenvalue weighted by atomic mass is 19.1. The second-order valence-corrected chi connectivity index (χ2v) is 6.82. The molecule has 1 aliphatic rings. The highest BCUT2D eigenvalue weighted by Gasteiger charge is 2.32. The minimum Gasteiger partial charge on any atom is -0.493 e. The number of carbonyl (C=O) groups excluding carboxylic acids is 2. The quantitative estimate of drug-likeness (QED) is 0.802. The Morgan fingerprint density at radius 1 is 1.21 bits per heavy atom. The number of aliphatic hydroxyl groups excluding tert-OH is 1. The number of rotatable bonds is 5. The van der Waals surface area contributed by atoms with Gasteiger partial charge in [-0.25, -0.2) is 4.39 Å². The number of methoxy groups -OCH3 is 1. The normalized spacial score (nSPS) is 18.8. The van der Waals surface area contributed by atoms with Crippen molar-refractivity contribution in [1.29, 1.82) is 0 Å². The molecule has 0 saturated carbocycles. The van der Waals surface area contributed by atoms with Crippen molar-refractivity contribution in [1.82, 2.24) is 4.90 Å². The number of anilines is 1. The molecule has 7 nitrogen and oxygen atoms in total. The van der Waals surface area contributed by atoms with Gasteiger partial charge in [-0.2, -0.15) is 0 Å². The van der Waals surface area contributed by atoms with Crippen LogP contribution in [-0.2, 0) is 4.79 Å². The zero-order valence-corrected chi connectivity index (χ0v) is 16.2. The van der Waals surface area contributed by atoms with E-state index in [1.807, 2.05) is 0 Å². The lowest BCUT2D eigenvalue weighted by Crippen LogP contribution is -2.51. The molecular formula is C21H23FN2O5. The maximum Gasteiger partial charge on any atom is 0.254 e. The first-order valence-corrected chi connectivity index (χ1v) is 9.22. The van der Waals surface area contributed by atoms with Crippen LogP contribution in [0.5, 0.6) is 11.5 Å². The monoisotopic (exact) mass is 402 g/mol. The summed E-state index contributed by atoms with van der Waals surface area (Å²) in [4.78, 5) is 25.5. The number of likely N-dealkylation sites (tertiary alicyclic amines) is 1. The summed E-state index contributed by atoms with van der Waals surface area (Å²) in [5.41, 5.74) is 0.952. The molecule has 3 rings (SSSR count). The van der Waals surface area contributed by atoms with E-state index in [-0.39, 0.29) is 24.1 Å². The molecule has 2 atom stereocenters. The van der Waals surface area contributed by atoms with Gasteiger partial charge in [0.25, 0.3) is 5.91 Å². The molecule has 2 aromatic rings. The molecule has 0 spiro atoms. The number of carbonyl (C=O) groups is 2. The molecule has 154 valence electrons. The number of benzene rings is 2. The molecule has 1 fully saturated rings. The topological polar surface area (TPSA) is 88.1 Å². The number of hydrogen-bond donors (Lipinski definition) is 2. The first kappa shape index (κ1) is 20.6. The number of β-amino-alcohol motifs (C(OH)–C–C–N with tert-alkyl or cyclic N) is 1. The Labute approximate surface area is 168 Å². The molecule has 0 unspecified atom stereocenters. The van der Waals surface area contributed by atoms with E-state index >= 15 is 0 Å². The third-order valence-electron chi connectivity index (χ3n) is 4.64. The molecule has 0 radical (unpaired) electrons. The van der Waals surface area contributed by atoms with Crippen molar-refractivity contribution in [3.63, 3.8) is 0 Å². The third kappa shape index (κ3) is 5.03. The van der Waals surface area contributed by atoms with E-state index in [1.165, 1.54) is 32.2 Å². The van der Waals surface area contributed by atoms with Gasteiger partial charge >= 0.3 is 0 Å². The highest BCUT2D eigenvalue weighted by Crippen LogP contribution is 2.30. The average molecular weight is 402 g/mol. The fraction of sp³-hybridized carbons (Fsp3) is 0.333. The lowest BCUT2D eigenvalue weighted by atomic mass is 10.0. The SMILES string of the molecule is COc1cc(F)ccc1O[C@@H]1CCN(C(=O)c2cccc(NC(C)=O)c2)C[C@H]1O. The van der Waals surface area contributed by atoms with E-state index < -0.39 is 18.0 Å². The Morgan fingerprint density at radius 3 is 2.69 bits per heavy atom. The van der Waals surface area contributed by atoms with Crippen LogP contribution >= 0.6 is 0 Å². The van der Waals surface area contributed by atoms with E-state index in [1.54, 1.807) is 29.2 Å². The van der Waals surface area contributed by atoms with Gasteiger partial charge in [-0.05, 0) is 30.3 Å². The predicted molar refractivity (Wildman–Crippen MR) is 105 cm³/mol. The summed E-state index contributed by atoms with van der Waals surface area (Å²) in [5.74, 6) is -0.337. The molecule has 2 N–H and O–H groups in total. The van der Waals surface area contributed by atoms with Crippen molar-refractivity contribution in [2.45, 2.75) is 25.6 Å². The second kappa shape index (κ2) is 8.91. The second-order valence-electron chi connectivity index (χ2n) is 6.82. The van der Waals surface area contributed by atoms with Crippen LogP contribution in [0.1, 0.15) is 23.7 Å². The minimum absolute atomic E-state index is 0.0946. The van der Waals surface area contributed by atoms with Gasteiger partial charge < -0.3 is 24.8 Å². The first-order valence-electron chi connectivity index (χ1n) is 9.22. The van der Waals surface area contributed by atoms with E-state index in [0.29, 0.717) is 30.0 Å². The van der Waals surface area contributed by atoms with Crippen molar-refractivity contribution in [2.75, 3.05) is 25.5 Å². The number of piperidine rings is 1. The molecule has 8 heteroatoms. The van der Waals surface area contributed by atoms with Gasteiger partial charge in [0.2, 0.25) is 5.91 Å². The number of ether oxygens (including phenoxy) is 2. The van der Waals surface area contributed by atoms with Crippen molar-refractivity contribution in [2.24, 2.45) is 0 Å². The number of halogens is 1. The van der Waals surface area contributed by atoms with E-state index in [0.717, 1.165) is 0 Å². The lowest BCUT2D eigenvalue weighted by molar-refractivity contribution is -0.114. The zero-order chi connectivity index (χ0) is 21.0. The zero-order valence-electron chi connectivity index (χ0n) is 16.2. The van der Waals surface area contributed by atoms with Gasteiger partial charge in [0.05, 0.1) is 13.7 Å². The molecule has 2 aromatic carbocycles. The maximum absolute atomic E-state index is 13.3. The van der Waals surface area contributed by atoms with Crippen LogP contribution in [0, 0.1) is 5.82 Å². The van der Waals surface area contributed by atoms with Crippen molar-refractivity contribution < 1.29 is 28.6 Å². The summed E-state index contributed by atoms with van der Waals surface area (Å²) >= 11 is 0. The first-order chi connectivity index (χ1) is 13.9. The summed E-state index contributed by atoms with van der Waals surface area (Å²) in [6.45, 7) is 1.87. The van der Waals surface area contributed by atoms with Gasteiger partial charge in [0, 0.05) is 37.2 Å². The number of hydrogen-bond acceptors (Lipinski definition) is 5. The summed E-state index contributed by atoms with van der Waals surface area (Å²) in [5, 5.41) is 13.1. The smallest absolute Gasteiger partial charge is 0.254 e. The predicted octanol–water partition coefficient (Wildman–Crippen LogP) is 2.45. The molecule has 2 amide bonds. The van der Waals surface area contributed by atoms with Crippen LogP contribution in [0.3, 0.4) is 0 Å². The fourth-order valence-corrected chi connectivity index (χ4v) is 3.25. The molecule has 0 bridgehead atoms. The van der Waals surface area contributed by atoms with Crippen LogP contribution in [0.2, 0.25) is 0 Å². The number of amides is 2. The molecule has 0 aromatic heterocycles. The lowest BCUT2D eigenvalue weighted by Gasteiger charge is -2.36. The number of aliphatic hydroxyl groups is 1. The van der Waals surface area contributed by atoms with E-state index in [9.17, 15) is 19.1 Å². The van der Waals surface area contributed by atoms with Crippen molar-refractivity contribution in [3.8, 4) is 11.5 Å². The Morgan fingerprint density at radius 2 is 2.00 bits per heavy atom. The molecular weight excluding hydrogens is 379 g/mol. The summed E-state index contributed by atoms with van der Waals surface area (Å²) in [6.07, 6.45) is -1.07. The van der Waals surface area contributed by atoms with Crippen LogP contribution in [0.4, 0.5) is 10.1 Å². The summed E-state index contributed by atoms with van der Waals surface area (Å²) in [7, 11) is 1.41. The fourth-order valence-electron chi connectivity index (χ4n) is 3.25. The van der Waals surface area contributed by atoms with Gasteiger partial charge in [0.15, 0.2) is 11.5 Å². The van der Waals surface area contributed by atoms with Crippen LogP contribution in [0.25, 0.3) is 0 Å². The average Bonchev–Trinajstić information content (AvgIpc) is 2.69. The summed E-state index contributed by atoms with van der Waals surface area (Å²) < 4.78 is 24.3. The minimum atomic E-state index is -0.916.